The minimum Gasteiger partial charge on any atom is -0.462 e. The van der Waals surface area contributed by atoms with E-state index < -0.39 is 0 Å². The Bertz CT molecular complexity index is 740. The Balaban J connectivity index is 2.14. The molecular weight excluding hydrogens is 306 g/mol. The fourth-order valence-corrected chi connectivity index (χ4v) is 2.19. The van der Waals surface area contributed by atoms with E-state index in [0.717, 1.165) is 31.4 Å². The number of aryl methyl sites for hydroxylation is 1. The van der Waals surface area contributed by atoms with Crippen molar-refractivity contribution in [2.45, 2.75) is 39.5 Å². The zero-order chi connectivity index (χ0) is 17.4. The van der Waals surface area contributed by atoms with Gasteiger partial charge in [-0.1, -0.05) is 26.3 Å². The molecule has 0 fully saturated rings. The van der Waals surface area contributed by atoms with E-state index >= 15 is 0 Å². The van der Waals surface area contributed by atoms with Crippen LogP contribution in [-0.4, -0.2) is 22.5 Å². The molecule has 1 aromatic heterocycles. The summed E-state index contributed by atoms with van der Waals surface area (Å²) >= 11 is 0. The Morgan fingerprint density at radius 2 is 2.08 bits per heavy atom. The van der Waals surface area contributed by atoms with Crippen LogP contribution in [0, 0.1) is 0 Å². The van der Waals surface area contributed by atoms with E-state index in [1.54, 1.807) is 24.3 Å². The van der Waals surface area contributed by atoms with E-state index in [-0.39, 0.29) is 11.5 Å². The number of nitrogens with one attached hydrogen (secondary N) is 2. The molecule has 2 aromatic rings. The summed E-state index contributed by atoms with van der Waals surface area (Å²) in [5.74, 6) is 0.00586. The SMILES string of the molecule is CCCCc1cc(=O)[nH]c(Nc2cccc(C(=O)OCCC)c2)n1. The number of carbonyl (C=O) groups is 1. The summed E-state index contributed by atoms with van der Waals surface area (Å²) in [4.78, 5) is 30.7. The van der Waals surface area contributed by atoms with Crippen LogP contribution in [0.15, 0.2) is 35.1 Å². The summed E-state index contributed by atoms with van der Waals surface area (Å²) in [6.45, 7) is 4.43. The number of nitrogens with zero attached hydrogens (tertiary/aromatic N) is 1. The average molecular weight is 329 g/mol. The number of H-pyrrole nitrogens is 1. The van der Waals surface area contributed by atoms with Gasteiger partial charge in [0.05, 0.1) is 12.2 Å². The number of unbranched alkanes of at least 4 members (excludes halogenated alkanes) is 1. The number of benzene rings is 1. The monoisotopic (exact) mass is 329 g/mol. The van der Waals surface area contributed by atoms with Crippen LogP contribution in [-0.2, 0) is 11.2 Å². The van der Waals surface area contributed by atoms with Crippen molar-refractivity contribution in [1.29, 1.82) is 0 Å². The molecule has 0 spiro atoms. The summed E-state index contributed by atoms with van der Waals surface area (Å²) in [5, 5.41) is 3.04. The molecule has 0 amide bonds. The van der Waals surface area contributed by atoms with Crippen LogP contribution in [0.3, 0.4) is 0 Å². The van der Waals surface area contributed by atoms with Gasteiger partial charge >= 0.3 is 5.97 Å². The van der Waals surface area contributed by atoms with E-state index in [4.69, 9.17) is 4.74 Å². The van der Waals surface area contributed by atoms with Crippen molar-refractivity contribution in [3.63, 3.8) is 0 Å². The minimum atomic E-state index is -0.362. The maximum absolute atomic E-state index is 11.9. The van der Waals surface area contributed by atoms with Crippen molar-refractivity contribution in [1.82, 2.24) is 9.97 Å². The zero-order valence-electron chi connectivity index (χ0n) is 14.1. The smallest absolute Gasteiger partial charge is 0.338 e. The van der Waals surface area contributed by atoms with Crippen LogP contribution in [0.2, 0.25) is 0 Å². The maximum atomic E-state index is 11.9. The van der Waals surface area contributed by atoms with Crippen molar-refractivity contribution in [2.75, 3.05) is 11.9 Å². The lowest BCUT2D eigenvalue weighted by atomic mass is 10.2. The van der Waals surface area contributed by atoms with E-state index in [9.17, 15) is 9.59 Å². The second-order valence-corrected chi connectivity index (χ2v) is 5.53. The van der Waals surface area contributed by atoms with Crippen LogP contribution in [0.1, 0.15) is 49.2 Å². The molecule has 1 aromatic carbocycles. The first kappa shape index (κ1) is 17.7. The van der Waals surface area contributed by atoms with Gasteiger partial charge in [-0.2, -0.15) is 0 Å². The second-order valence-electron chi connectivity index (χ2n) is 5.53. The molecule has 0 aliphatic rings. The molecule has 1 heterocycles. The number of hydrogen-bond donors (Lipinski definition) is 2. The van der Waals surface area contributed by atoms with Gasteiger partial charge in [-0.3, -0.25) is 9.78 Å². The highest BCUT2D eigenvalue weighted by Crippen LogP contribution is 2.15. The lowest BCUT2D eigenvalue weighted by Crippen LogP contribution is -2.12. The molecule has 0 aliphatic carbocycles. The van der Waals surface area contributed by atoms with Gasteiger partial charge in [-0.05, 0) is 37.5 Å². The third-order valence-corrected chi connectivity index (χ3v) is 3.38. The fraction of sp³-hybridized carbons (Fsp3) is 0.389. The van der Waals surface area contributed by atoms with Crippen molar-refractivity contribution < 1.29 is 9.53 Å². The van der Waals surface area contributed by atoms with Crippen molar-refractivity contribution >= 4 is 17.6 Å². The molecule has 0 saturated heterocycles. The average Bonchev–Trinajstić information content (AvgIpc) is 2.57. The molecule has 0 atom stereocenters. The number of aromatic nitrogens is 2. The zero-order valence-corrected chi connectivity index (χ0v) is 14.1. The molecule has 0 bridgehead atoms. The highest BCUT2D eigenvalue weighted by atomic mass is 16.5. The molecule has 6 heteroatoms. The molecule has 0 radical (unpaired) electrons. The normalized spacial score (nSPS) is 10.4. The first-order valence-corrected chi connectivity index (χ1v) is 8.26. The summed E-state index contributed by atoms with van der Waals surface area (Å²) in [5.41, 5.74) is 1.67. The van der Waals surface area contributed by atoms with Crippen LogP contribution < -0.4 is 10.9 Å². The third-order valence-electron chi connectivity index (χ3n) is 3.38. The van der Waals surface area contributed by atoms with Gasteiger partial charge in [0.25, 0.3) is 5.56 Å². The second kappa shape index (κ2) is 8.86. The Morgan fingerprint density at radius 1 is 1.25 bits per heavy atom. The molecule has 24 heavy (non-hydrogen) atoms. The van der Waals surface area contributed by atoms with Crippen LogP contribution in [0.5, 0.6) is 0 Å². The number of carbonyl (C=O) groups excluding carboxylic acids is 1. The molecule has 0 unspecified atom stereocenters. The molecule has 128 valence electrons. The highest BCUT2D eigenvalue weighted by molar-refractivity contribution is 5.90. The largest absolute Gasteiger partial charge is 0.462 e. The van der Waals surface area contributed by atoms with Crippen LogP contribution in [0.4, 0.5) is 11.6 Å². The highest BCUT2D eigenvalue weighted by Gasteiger charge is 2.08. The predicted molar refractivity (Wildman–Crippen MR) is 93.8 cm³/mol. The summed E-state index contributed by atoms with van der Waals surface area (Å²) in [6.07, 6.45) is 3.56. The topological polar surface area (TPSA) is 84.1 Å². The van der Waals surface area contributed by atoms with Crippen LogP contribution >= 0.6 is 0 Å². The van der Waals surface area contributed by atoms with Gasteiger partial charge in [0.2, 0.25) is 5.95 Å². The molecular formula is C18H23N3O3. The standard InChI is InChI=1S/C18H23N3O3/c1-3-5-8-15-12-16(22)21-18(20-15)19-14-9-6-7-13(11-14)17(23)24-10-4-2/h6-7,9,11-12H,3-5,8,10H2,1-2H3,(H2,19,20,21,22). The van der Waals surface area contributed by atoms with E-state index in [2.05, 4.69) is 22.2 Å². The lowest BCUT2D eigenvalue weighted by molar-refractivity contribution is 0.0505. The Kier molecular flexibility index (Phi) is 6.54. The fourth-order valence-electron chi connectivity index (χ4n) is 2.19. The van der Waals surface area contributed by atoms with Crippen molar-refractivity contribution in [3.05, 3.63) is 51.9 Å². The Hall–Kier alpha value is -2.63. The first-order chi connectivity index (χ1) is 11.6. The predicted octanol–water partition coefficient (Wildman–Crippen LogP) is 3.42. The summed E-state index contributed by atoms with van der Waals surface area (Å²) in [7, 11) is 0. The Labute approximate surface area is 141 Å². The number of ether oxygens (including phenoxy) is 1. The summed E-state index contributed by atoms with van der Waals surface area (Å²) < 4.78 is 5.12. The number of esters is 1. The first-order valence-electron chi connectivity index (χ1n) is 8.26. The molecule has 0 saturated carbocycles. The van der Waals surface area contributed by atoms with Crippen molar-refractivity contribution in [3.8, 4) is 0 Å². The minimum absolute atomic E-state index is 0.197. The number of anilines is 2. The van der Waals surface area contributed by atoms with Gasteiger partial charge in [-0.25, -0.2) is 9.78 Å². The third kappa shape index (κ3) is 5.22. The lowest BCUT2D eigenvalue weighted by Gasteiger charge is -2.09. The van der Waals surface area contributed by atoms with E-state index in [1.165, 1.54) is 6.07 Å². The number of aromatic amines is 1. The summed E-state index contributed by atoms with van der Waals surface area (Å²) in [6, 6.07) is 8.44. The molecule has 2 N–H and O–H groups in total. The maximum Gasteiger partial charge on any atom is 0.338 e. The van der Waals surface area contributed by atoms with Gasteiger partial charge in [0.15, 0.2) is 0 Å². The van der Waals surface area contributed by atoms with Crippen molar-refractivity contribution in [2.24, 2.45) is 0 Å². The van der Waals surface area contributed by atoms with E-state index in [1.807, 2.05) is 6.92 Å². The number of rotatable bonds is 8. The van der Waals surface area contributed by atoms with Gasteiger partial charge in [0.1, 0.15) is 0 Å². The molecule has 6 nitrogen and oxygen atoms in total. The molecule has 2 rings (SSSR count). The van der Waals surface area contributed by atoms with Gasteiger partial charge in [0, 0.05) is 17.4 Å². The molecule has 0 aliphatic heterocycles. The number of hydrogen-bond acceptors (Lipinski definition) is 5. The van der Waals surface area contributed by atoms with Crippen LogP contribution in [0.25, 0.3) is 0 Å². The van der Waals surface area contributed by atoms with Gasteiger partial charge in [-0.15, -0.1) is 0 Å². The quantitative estimate of drug-likeness (QED) is 0.725. The van der Waals surface area contributed by atoms with E-state index in [0.29, 0.717) is 23.8 Å². The van der Waals surface area contributed by atoms with Gasteiger partial charge < -0.3 is 10.1 Å². The Morgan fingerprint density at radius 3 is 2.83 bits per heavy atom.